The molecule has 0 aliphatic heterocycles. The second-order valence-electron chi connectivity index (χ2n) is 7.28. The van der Waals surface area contributed by atoms with Gasteiger partial charge < -0.3 is 10.1 Å². The molecule has 4 rings (SSSR count). The first-order valence-electron chi connectivity index (χ1n) is 10.0. The van der Waals surface area contributed by atoms with Crippen LogP contribution in [0.25, 0.3) is 5.82 Å². The number of nitrogens with one attached hydrogen (secondary N) is 1. The van der Waals surface area contributed by atoms with E-state index >= 15 is 0 Å². The number of nitrogens with zero attached hydrogens (tertiary/aromatic N) is 5. The molecule has 0 spiro atoms. The summed E-state index contributed by atoms with van der Waals surface area (Å²) in [6, 6.07) is 13.9. The van der Waals surface area contributed by atoms with E-state index < -0.39 is 4.92 Å². The van der Waals surface area contributed by atoms with Crippen LogP contribution in [0.3, 0.4) is 0 Å². The van der Waals surface area contributed by atoms with Gasteiger partial charge in [-0.25, -0.2) is 9.97 Å². The summed E-state index contributed by atoms with van der Waals surface area (Å²) in [5.74, 6) is 1.75. The Bertz CT molecular complexity index is 1330. The zero-order valence-corrected chi connectivity index (χ0v) is 18.1. The molecular formula is C23H20N6O4. The van der Waals surface area contributed by atoms with Gasteiger partial charge in [0, 0.05) is 35.1 Å². The van der Waals surface area contributed by atoms with E-state index in [0.717, 1.165) is 11.4 Å². The number of rotatable bonds is 6. The second-order valence-corrected chi connectivity index (χ2v) is 7.28. The van der Waals surface area contributed by atoms with E-state index in [1.54, 1.807) is 43.6 Å². The highest BCUT2D eigenvalue weighted by molar-refractivity contribution is 6.04. The van der Waals surface area contributed by atoms with E-state index in [2.05, 4.69) is 20.3 Å². The van der Waals surface area contributed by atoms with Crippen molar-refractivity contribution >= 4 is 17.3 Å². The van der Waals surface area contributed by atoms with Crippen molar-refractivity contribution in [1.82, 2.24) is 19.5 Å². The van der Waals surface area contributed by atoms with Crippen molar-refractivity contribution in [2.24, 2.45) is 0 Å². The minimum Gasteiger partial charge on any atom is -0.439 e. The summed E-state index contributed by atoms with van der Waals surface area (Å²) < 4.78 is 7.76. The predicted molar refractivity (Wildman–Crippen MR) is 121 cm³/mol. The molecule has 0 atom stereocenters. The number of imidazole rings is 1. The third kappa shape index (κ3) is 4.85. The highest BCUT2D eigenvalue weighted by Gasteiger charge is 2.12. The molecule has 4 aromatic rings. The molecule has 0 radical (unpaired) electrons. The van der Waals surface area contributed by atoms with E-state index in [0.29, 0.717) is 34.5 Å². The average Bonchev–Trinajstić information content (AvgIpc) is 3.13. The molecule has 2 heterocycles. The molecule has 10 nitrogen and oxygen atoms in total. The lowest BCUT2D eigenvalue weighted by Crippen LogP contribution is -2.11. The summed E-state index contributed by atoms with van der Waals surface area (Å²) >= 11 is 0. The van der Waals surface area contributed by atoms with Crippen molar-refractivity contribution in [3.05, 3.63) is 93.8 Å². The molecule has 33 heavy (non-hydrogen) atoms. The predicted octanol–water partition coefficient (Wildman–Crippen LogP) is 4.54. The van der Waals surface area contributed by atoms with Crippen LogP contribution in [0.1, 0.15) is 27.6 Å². The molecule has 1 N–H and O–H groups in total. The zero-order valence-electron chi connectivity index (χ0n) is 18.1. The molecule has 10 heteroatoms. The molecule has 2 aromatic heterocycles. The van der Waals surface area contributed by atoms with Gasteiger partial charge >= 0.3 is 0 Å². The molecule has 166 valence electrons. The van der Waals surface area contributed by atoms with Crippen LogP contribution in [-0.2, 0) is 0 Å². The minimum atomic E-state index is -0.514. The largest absolute Gasteiger partial charge is 0.439 e. The number of ether oxygens (including phenoxy) is 1. The van der Waals surface area contributed by atoms with Crippen molar-refractivity contribution in [2.45, 2.75) is 20.8 Å². The number of nitro benzene ring substituents is 1. The Labute approximate surface area is 189 Å². The van der Waals surface area contributed by atoms with Crippen molar-refractivity contribution in [3.63, 3.8) is 0 Å². The smallest absolute Gasteiger partial charge is 0.269 e. The maximum atomic E-state index is 12.4. The van der Waals surface area contributed by atoms with Gasteiger partial charge in [0.05, 0.1) is 10.6 Å². The van der Waals surface area contributed by atoms with E-state index in [4.69, 9.17) is 4.74 Å². The fourth-order valence-corrected chi connectivity index (χ4v) is 3.10. The molecule has 1 amide bonds. The topological polar surface area (TPSA) is 125 Å². The molecule has 0 aliphatic carbocycles. The molecule has 0 saturated carbocycles. The standard InChI is InChI=1S/C23H20N6O4/c1-14-15(2)28(13-24-14)21-12-22(26-16(3)25-21)33-20-10-6-18(7-11-20)27-23(30)17-4-8-19(9-5-17)29(31)32/h4-13H,1-3H3,(H,27,30). The molecule has 2 aromatic carbocycles. The lowest BCUT2D eigenvalue weighted by atomic mass is 10.2. The minimum absolute atomic E-state index is 0.0745. The Morgan fingerprint density at radius 3 is 2.33 bits per heavy atom. The highest BCUT2D eigenvalue weighted by Crippen LogP contribution is 2.24. The van der Waals surface area contributed by atoms with Gasteiger partial charge in [0.15, 0.2) is 0 Å². The zero-order chi connectivity index (χ0) is 23.5. The van der Waals surface area contributed by atoms with Gasteiger partial charge in [-0.3, -0.25) is 19.5 Å². The highest BCUT2D eigenvalue weighted by atomic mass is 16.6. The molecule has 0 unspecified atom stereocenters. The summed E-state index contributed by atoms with van der Waals surface area (Å²) in [5.41, 5.74) is 2.69. The first kappa shape index (κ1) is 21.6. The van der Waals surface area contributed by atoms with Gasteiger partial charge in [0.2, 0.25) is 5.88 Å². The molecular weight excluding hydrogens is 424 g/mol. The number of non-ortho nitro benzene ring substituents is 1. The number of carbonyl (C=O) groups excluding carboxylic acids is 1. The lowest BCUT2D eigenvalue weighted by Gasteiger charge is -2.10. The average molecular weight is 444 g/mol. The van der Waals surface area contributed by atoms with Crippen LogP contribution >= 0.6 is 0 Å². The molecule has 0 aliphatic rings. The van der Waals surface area contributed by atoms with Gasteiger partial charge in [-0.15, -0.1) is 0 Å². The van der Waals surface area contributed by atoms with Crippen LogP contribution in [0.15, 0.2) is 60.9 Å². The number of aromatic nitrogens is 4. The normalized spacial score (nSPS) is 10.6. The Hall–Kier alpha value is -4.60. The Morgan fingerprint density at radius 2 is 1.73 bits per heavy atom. The van der Waals surface area contributed by atoms with E-state index in [9.17, 15) is 14.9 Å². The fourth-order valence-electron chi connectivity index (χ4n) is 3.10. The van der Waals surface area contributed by atoms with Crippen LogP contribution in [0.5, 0.6) is 11.6 Å². The number of amides is 1. The Morgan fingerprint density at radius 1 is 1.03 bits per heavy atom. The summed E-state index contributed by atoms with van der Waals surface area (Å²) in [5, 5.41) is 13.5. The third-order valence-corrected chi connectivity index (χ3v) is 4.97. The molecule has 0 bridgehead atoms. The first-order chi connectivity index (χ1) is 15.8. The van der Waals surface area contributed by atoms with Gasteiger partial charge in [0.1, 0.15) is 23.7 Å². The Kier molecular flexibility index (Phi) is 5.81. The quantitative estimate of drug-likeness (QED) is 0.342. The van der Waals surface area contributed by atoms with Crippen LogP contribution in [0.2, 0.25) is 0 Å². The number of benzene rings is 2. The summed E-state index contributed by atoms with van der Waals surface area (Å²) in [6.07, 6.45) is 1.71. The maximum absolute atomic E-state index is 12.4. The summed E-state index contributed by atoms with van der Waals surface area (Å²) in [4.78, 5) is 35.7. The van der Waals surface area contributed by atoms with Gasteiger partial charge in [0.25, 0.3) is 11.6 Å². The van der Waals surface area contributed by atoms with Crippen LogP contribution < -0.4 is 10.1 Å². The van der Waals surface area contributed by atoms with Crippen molar-refractivity contribution in [3.8, 4) is 17.4 Å². The van der Waals surface area contributed by atoms with Gasteiger partial charge in [-0.2, -0.15) is 4.98 Å². The van der Waals surface area contributed by atoms with Gasteiger partial charge in [-0.1, -0.05) is 0 Å². The van der Waals surface area contributed by atoms with E-state index in [1.807, 2.05) is 18.4 Å². The monoisotopic (exact) mass is 444 g/mol. The van der Waals surface area contributed by atoms with E-state index in [1.165, 1.54) is 24.3 Å². The van der Waals surface area contributed by atoms with Crippen molar-refractivity contribution in [2.75, 3.05) is 5.32 Å². The number of hydrogen-bond acceptors (Lipinski definition) is 7. The SMILES string of the molecule is Cc1nc(Oc2ccc(NC(=O)c3ccc([N+](=O)[O-])cc3)cc2)cc(-n2cnc(C)c2C)n1. The number of hydrogen-bond donors (Lipinski definition) is 1. The maximum Gasteiger partial charge on any atom is 0.269 e. The van der Waals surface area contributed by atoms with Crippen LogP contribution in [0.4, 0.5) is 11.4 Å². The summed E-state index contributed by atoms with van der Waals surface area (Å²) in [7, 11) is 0. The fraction of sp³-hybridized carbons (Fsp3) is 0.130. The number of anilines is 1. The van der Waals surface area contributed by atoms with E-state index in [-0.39, 0.29) is 11.6 Å². The van der Waals surface area contributed by atoms with Crippen molar-refractivity contribution < 1.29 is 14.5 Å². The number of nitro groups is 1. The number of carbonyl (C=O) groups is 1. The lowest BCUT2D eigenvalue weighted by molar-refractivity contribution is -0.384. The van der Waals surface area contributed by atoms with Crippen LogP contribution in [-0.4, -0.2) is 30.3 Å². The Balaban J connectivity index is 1.46. The third-order valence-electron chi connectivity index (χ3n) is 4.97. The van der Waals surface area contributed by atoms with Gasteiger partial charge in [-0.05, 0) is 57.2 Å². The second kappa shape index (κ2) is 8.87. The molecule has 0 saturated heterocycles. The summed E-state index contributed by atoms with van der Waals surface area (Å²) in [6.45, 7) is 5.68. The van der Waals surface area contributed by atoms with Crippen molar-refractivity contribution in [1.29, 1.82) is 0 Å². The first-order valence-corrected chi connectivity index (χ1v) is 10.0. The number of aryl methyl sites for hydroxylation is 2. The van der Waals surface area contributed by atoms with Crippen LogP contribution in [0, 0.1) is 30.9 Å². The molecule has 0 fully saturated rings.